The highest BCUT2D eigenvalue weighted by Crippen LogP contribution is 2.23. The van der Waals surface area contributed by atoms with Gasteiger partial charge >= 0.3 is 0 Å². The average Bonchev–Trinajstić information content (AvgIpc) is 3.03. The van der Waals surface area contributed by atoms with Crippen molar-refractivity contribution in [2.75, 3.05) is 7.11 Å². The number of hydrogen-bond donors (Lipinski definition) is 0. The highest BCUT2D eigenvalue weighted by Gasteiger charge is 2.13. The molecule has 0 saturated carbocycles. The average molecular weight is 292 g/mol. The van der Waals surface area contributed by atoms with Gasteiger partial charge in [0.15, 0.2) is 0 Å². The summed E-state index contributed by atoms with van der Waals surface area (Å²) in [5, 5.41) is 0. The van der Waals surface area contributed by atoms with E-state index in [4.69, 9.17) is 20.8 Å². The summed E-state index contributed by atoms with van der Waals surface area (Å²) in [4.78, 5) is 8.74. The van der Waals surface area contributed by atoms with E-state index in [9.17, 15) is 0 Å². The van der Waals surface area contributed by atoms with Gasteiger partial charge in [-0.1, -0.05) is 0 Å². The quantitative estimate of drug-likeness (QED) is 0.693. The molecule has 0 aliphatic rings. The van der Waals surface area contributed by atoms with Gasteiger partial charge in [0.2, 0.25) is 5.89 Å². The maximum absolute atomic E-state index is 5.98. The van der Waals surface area contributed by atoms with Crippen molar-refractivity contribution in [3.63, 3.8) is 0 Å². The van der Waals surface area contributed by atoms with Crippen molar-refractivity contribution in [2.24, 2.45) is 0 Å². The summed E-state index contributed by atoms with van der Waals surface area (Å²) >= 11 is 5.98. The zero-order valence-corrected chi connectivity index (χ0v) is 12.0. The number of fused-ring (bicyclic) bond motifs is 1. The molecule has 3 aromatic rings. The second-order valence-electron chi connectivity index (χ2n) is 4.47. The first-order valence-electron chi connectivity index (χ1n) is 6.21. The third-order valence-corrected chi connectivity index (χ3v) is 3.36. The van der Waals surface area contributed by atoms with Crippen LogP contribution in [0.4, 0.5) is 0 Å². The van der Waals surface area contributed by atoms with Gasteiger partial charge in [-0.2, -0.15) is 0 Å². The number of imidazole rings is 1. The zero-order chi connectivity index (χ0) is 14.1. The minimum atomic E-state index is 0.330. The number of halogens is 1. The predicted molar refractivity (Wildman–Crippen MR) is 76.2 cm³/mol. The molecule has 0 saturated heterocycles. The maximum Gasteiger partial charge on any atom is 0.214 e. The van der Waals surface area contributed by atoms with Crippen LogP contribution in [0.3, 0.4) is 0 Å². The minimum absolute atomic E-state index is 0.330. The number of ether oxygens (including phenoxy) is 1. The van der Waals surface area contributed by atoms with E-state index in [1.807, 2.05) is 29.7 Å². The van der Waals surface area contributed by atoms with Crippen molar-refractivity contribution in [3.05, 3.63) is 41.9 Å². The Kier molecular flexibility index (Phi) is 3.36. The molecule has 3 rings (SSSR count). The van der Waals surface area contributed by atoms with Crippen LogP contribution >= 0.6 is 11.6 Å². The van der Waals surface area contributed by atoms with E-state index in [-0.39, 0.29) is 0 Å². The van der Waals surface area contributed by atoms with Gasteiger partial charge in [0.05, 0.1) is 30.2 Å². The van der Waals surface area contributed by atoms with E-state index in [2.05, 4.69) is 9.97 Å². The van der Waals surface area contributed by atoms with Crippen LogP contribution in [0.15, 0.2) is 28.8 Å². The molecule has 20 heavy (non-hydrogen) atoms. The molecule has 0 aliphatic heterocycles. The largest absolute Gasteiger partial charge is 0.497 e. The van der Waals surface area contributed by atoms with E-state index in [1.54, 1.807) is 13.3 Å². The molecular weight excluding hydrogens is 278 g/mol. The fraction of sp³-hybridized carbons (Fsp3) is 0.286. The number of methoxy groups -OCH3 is 1. The van der Waals surface area contributed by atoms with Crippen molar-refractivity contribution < 1.29 is 9.15 Å². The van der Waals surface area contributed by atoms with Gasteiger partial charge < -0.3 is 13.7 Å². The van der Waals surface area contributed by atoms with Crippen LogP contribution in [0, 0.1) is 6.92 Å². The van der Waals surface area contributed by atoms with Crippen LogP contribution in [0.5, 0.6) is 5.75 Å². The third-order valence-electron chi connectivity index (χ3n) is 3.12. The Hall–Kier alpha value is -2.01. The van der Waals surface area contributed by atoms with Crippen LogP contribution in [0.1, 0.15) is 17.5 Å². The number of alkyl halides is 1. The van der Waals surface area contributed by atoms with Gasteiger partial charge in [0.1, 0.15) is 23.9 Å². The van der Waals surface area contributed by atoms with Gasteiger partial charge in [-0.05, 0) is 19.1 Å². The highest BCUT2D eigenvalue weighted by atomic mass is 35.5. The summed E-state index contributed by atoms with van der Waals surface area (Å²) in [6.45, 7) is 2.37. The highest BCUT2D eigenvalue weighted by molar-refractivity contribution is 6.16. The molecule has 104 valence electrons. The molecule has 0 N–H and O–H groups in total. The van der Waals surface area contributed by atoms with Crippen LogP contribution < -0.4 is 4.74 Å². The second kappa shape index (κ2) is 5.17. The van der Waals surface area contributed by atoms with Crippen molar-refractivity contribution in [3.8, 4) is 5.75 Å². The summed E-state index contributed by atoms with van der Waals surface area (Å²) in [7, 11) is 1.64. The summed E-state index contributed by atoms with van der Waals surface area (Å²) < 4.78 is 12.8. The standard InChI is InChI=1S/C14H14ClN3O2/c1-9-7-16-14(20-9)8-18-12-5-10(19-2)3-4-11(12)17-13(18)6-15/h3-5,7H,6,8H2,1-2H3. The molecule has 2 heterocycles. The van der Waals surface area contributed by atoms with Gasteiger partial charge in [0, 0.05) is 6.07 Å². The first-order chi connectivity index (χ1) is 9.71. The number of nitrogens with zero attached hydrogens (tertiary/aromatic N) is 3. The topological polar surface area (TPSA) is 53.1 Å². The minimum Gasteiger partial charge on any atom is -0.497 e. The van der Waals surface area contributed by atoms with Gasteiger partial charge in [-0.25, -0.2) is 9.97 Å². The Bertz CT molecular complexity index is 748. The Balaban J connectivity index is 2.10. The van der Waals surface area contributed by atoms with E-state index in [0.717, 1.165) is 28.4 Å². The van der Waals surface area contributed by atoms with Crippen molar-refractivity contribution in [1.82, 2.24) is 14.5 Å². The molecule has 0 amide bonds. The number of rotatable bonds is 4. The first kappa shape index (κ1) is 13.0. The Morgan fingerprint density at radius 3 is 2.90 bits per heavy atom. The SMILES string of the molecule is COc1ccc2nc(CCl)n(Cc3ncc(C)o3)c2c1. The summed E-state index contributed by atoms with van der Waals surface area (Å²) in [6.07, 6.45) is 1.70. The maximum atomic E-state index is 5.98. The van der Waals surface area contributed by atoms with E-state index < -0.39 is 0 Å². The Morgan fingerprint density at radius 2 is 2.25 bits per heavy atom. The molecule has 0 bridgehead atoms. The lowest BCUT2D eigenvalue weighted by atomic mass is 10.3. The van der Waals surface area contributed by atoms with Crippen molar-refractivity contribution in [1.29, 1.82) is 0 Å². The monoisotopic (exact) mass is 291 g/mol. The molecule has 0 spiro atoms. The number of aromatic nitrogens is 3. The molecule has 0 unspecified atom stereocenters. The molecule has 1 aromatic carbocycles. The van der Waals surface area contributed by atoms with Crippen LogP contribution in [0.2, 0.25) is 0 Å². The molecule has 0 atom stereocenters. The third kappa shape index (κ3) is 2.25. The van der Waals surface area contributed by atoms with Gasteiger partial charge in [0.25, 0.3) is 0 Å². The number of hydrogen-bond acceptors (Lipinski definition) is 4. The first-order valence-corrected chi connectivity index (χ1v) is 6.75. The van der Waals surface area contributed by atoms with Gasteiger partial charge in [-0.15, -0.1) is 11.6 Å². The lowest BCUT2D eigenvalue weighted by Crippen LogP contribution is -2.04. The summed E-state index contributed by atoms with van der Waals surface area (Å²) in [5.74, 6) is 3.32. The number of oxazole rings is 1. The molecule has 6 heteroatoms. The molecule has 5 nitrogen and oxygen atoms in total. The van der Waals surface area contributed by atoms with E-state index in [1.165, 1.54) is 0 Å². The van der Waals surface area contributed by atoms with E-state index in [0.29, 0.717) is 18.3 Å². The number of aryl methyl sites for hydroxylation is 1. The molecular formula is C14H14ClN3O2. The summed E-state index contributed by atoms with van der Waals surface area (Å²) in [6, 6.07) is 5.74. The normalized spacial score (nSPS) is 11.2. The van der Waals surface area contributed by atoms with Gasteiger partial charge in [-0.3, -0.25) is 0 Å². The van der Waals surface area contributed by atoms with Crippen LogP contribution in [-0.4, -0.2) is 21.6 Å². The number of benzene rings is 1. The fourth-order valence-electron chi connectivity index (χ4n) is 2.17. The smallest absolute Gasteiger partial charge is 0.214 e. The molecule has 0 fully saturated rings. The van der Waals surface area contributed by atoms with Crippen molar-refractivity contribution in [2.45, 2.75) is 19.3 Å². The molecule has 0 aliphatic carbocycles. The lowest BCUT2D eigenvalue weighted by Gasteiger charge is -2.05. The molecule has 2 aromatic heterocycles. The molecule has 0 radical (unpaired) electrons. The summed E-state index contributed by atoms with van der Waals surface area (Å²) in [5.41, 5.74) is 1.83. The van der Waals surface area contributed by atoms with Crippen LogP contribution in [0.25, 0.3) is 11.0 Å². The van der Waals surface area contributed by atoms with Crippen molar-refractivity contribution >= 4 is 22.6 Å². The van der Waals surface area contributed by atoms with Crippen LogP contribution in [-0.2, 0) is 12.4 Å². The predicted octanol–water partition coefficient (Wildman–Crippen LogP) is 3.13. The fourth-order valence-corrected chi connectivity index (χ4v) is 2.37. The lowest BCUT2D eigenvalue weighted by molar-refractivity contribution is 0.415. The Labute approximate surface area is 121 Å². The second-order valence-corrected chi connectivity index (χ2v) is 4.73. The Morgan fingerprint density at radius 1 is 1.40 bits per heavy atom. The zero-order valence-electron chi connectivity index (χ0n) is 11.3. The van der Waals surface area contributed by atoms with E-state index >= 15 is 0 Å².